The van der Waals surface area contributed by atoms with E-state index in [1.165, 1.54) is 24.9 Å². The van der Waals surface area contributed by atoms with Gasteiger partial charge in [-0.05, 0) is 37.6 Å². The minimum absolute atomic E-state index is 0.0565. The highest BCUT2D eigenvalue weighted by Crippen LogP contribution is 2.16. The first kappa shape index (κ1) is 23.8. The van der Waals surface area contributed by atoms with Crippen molar-refractivity contribution < 1.29 is 14.3 Å². The third-order valence-electron chi connectivity index (χ3n) is 5.33. The molecule has 0 saturated carbocycles. The Morgan fingerprint density at radius 3 is 2.42 bits per heavy atom. The molecule has 0 fully saturated rings. The van der Waals surface area contributed by atoms with Crippen molar-refractivity contribution in [3.63, 3.8) is 0 Å². The molecule has 3 aromatic rings. The second-order valence-electron chi connectivity index (χ2n) is 7.98. The van der Waals surface area contributed by atoms with Gasteiger partial charge in [0.1, 0.15) is 0 Å². The van der Waals surface area contributed by atoms with Crippen LogP contribution in [-0.4, -0.2) is 50.8 Å². The summed E-state index contributed by atoms with van der Waals surface area (Å²) in [5, 5.41) is 2.72. The number of esters is 1. The van der Waals surface area contributed by atoms with Gasteiger partial charge < -0.3 is 19.5 Å². The van der Waals surface area contributed by atoms with Gasteiger partial charge in [0.25, 0.3) is 11.5 Å². The van der Waals surface area contributed by atoms with Crippen molar-refractivity contribution in [3.05, 3.63) is 51.4 Å². The van der Waals surface area contributed by atoms with E-state index in [9.17, 15) is 19.2 Å². The molecule has 176 valence electrons. The number of benzene rings is 1. The number of hydrogen-bond donors (Lipinski definition) is 1. The van der Waals surface area contributed by atoms with Crippen molar-refractivity contribution in [2.75, 3.05) is 24.3 Å². The lowest BCUT2D eigenvalue weighted by Gasteiger charge is -2.15. The molecule has 0 bridgehead atoms. The molecule has 1 atom stereocenters. The van der Waals surface area contributed by atoms with E-state index in [0.29, 0.717) is 24.2 Å². The second kappa shape index (κ2) is 9.72. The fourth-order valence-corrected chi connectivity index (χ4v) is 3.36. The van der Waals surface area contributed by atoms with Gasteiger partial charge in [0.15, 0.2) is 17.3 Å². The van der Waals surface area contributed by atoms with Crippen molar-refractivity contribution >= 4 is 34.4 Å². The summed E-state index contributed by atoms with van der Waals surface area (Å²) >= 11 is 0. The van der Waals surface area contributed by atoms with E-state index in [4.69, 9.17) is 4.74 Å². The molecule has 33 heavy (non-hydrogen) atoms. The van der Waals surface area contributed by atoms with Gasteiger partial charge in [0.2, 0.25) is 0 Å². The molecule has 2 aromatic heterocycles. The third-order valence-corrected chi connectivity index (χ3v) is 5.33. The van der Waals surface area contributed by atoms with Crippen LogP contribution in [0.1, 0.15) is 19.8 Å². The summed E-state index contributed by atoms with van der Waals surface area (Å²) in [4.78, 5) is 55.1. The van der Waals surface area contributed by atoms with Crippen LogP contribution in [0.5, 0.6) is 0 Å². The first-order chi connectivity index (χ1) is 15.6. The van der Waals surface area contributed by atoms with E-state index in [-0.39, 0.29) is 12.1 Å². The van der Waals surface area contributed by atoms with Gasteiger partial charge in [0, 0.05) is 52.5 Å². The van der Waals surface area contributed by atoms with Gasteiger partial charge >= 0.3 is 11.7 Å². The second-order valence-corrected chi connectivity index (χ2v) is 7.98. The molecule has 3 rings (SSSR count). The monoisotopic (exact) mass is 456 g/mol. The number of aromatic nitrogens is 4. The number of fused-ring (bicyclic) bond motifs is 1. The van der Waals surface area contributed by atoms with E-state index in [1.54, 1.807) is 23.7 Å². The Morgan fingerprint density at radius 1 is 1.12 bits per heavy atom. The fraction of sp³-hybridized carbons (Fsp3) is 0.409. The number of rotatable bonds is 8. The maximum Gasteiger partial charge on any atom is 0.332 e. The Hall–Kier alpha value is -3.89. The summed E-state index contributed by atoms with van der Waals surface area (Å²) in [5.41, 5.74) is 1.28. The normalized spacial score (nSPS) is 11.9. The van der Waals surface area contributed by atoms with Crippen LogP contribution < -0.4 is 21.5 Å². The summed E-state index contributed by atoms with van der Waals surface area (Å²) in [7, 11) is 6.79. The molecule has 11 nitrogen and oxygen atoms in total. The van der Waals surface area contributed by atoms with Gasteiger partial charge in [-0.1, -0.05) is 0 Å². The van der Waals surface area contributed by atoms with E-state index < -0.39 is 29.2 Å². The summed E-state index contributed by atoms with van der Waals surface area (Å²) in [5.74, 6) is -0.948. The molecule has 0 spiro atoms. The SMILES string of the molecule is C[C@H](OC(=O)CCCn1cnc2c1c(=O)n(C)c(=O)n2C)C(=O)Nc1ccc(N(C)C)cc1. The molecule has 1 N–H and O–H groups in total. The van der Waals surface area contributed by atoms with Crippen LogP contribution in [0.2, 0.25) is 0 Å². The molecular weight excluding hydrogens is 428 g/mol. The Morgan fingerprint density at radius 2 is 1.79 bits per heavy atom. The molecule has 0 aliphatic heterocycles. The Kier molecular flexibility index (Phi) is 7.00. The van der Waals surface area contributed by atoms with Crippen LogP contribution in [0, 0.1) is 0 Å². The largest absolute Gasteiger partial charge is 0.453 e. The van der Waals surface area contributed by atoms with Crippen molar-refractivity contribution in [2.45, 2.75) is 32.4 Å². The van der Waals surface area contributed by atoms with Crippen molar-refractivity contribution in [3.8, 4) is 0 Å². The van der Waals surface area contributed by atoms with E-state index >= 15 is 0 Å². The number of amides is 1. The lowest BCUT2D eigenvalue weighted by Crippen LogP contribution is -2.37. The number of nitrogens with one attached hydrogen (secondary N) is 1. The summed E-state index contributed by atoms with van der Waals surface area (Å²) < 4.78 is 9.16. The van der Waals surface area contributed by atoms with Crippen LogP contribution in [0.25, 0.3) is 11.2 Å². The molecule has 0 aliphatic carbocycles. The van der Waals surface area contributed by atoms with E-state index in [0.717, 1.165) is 10.3 Å². The van der Waals surface area contributed by atoms with E-state index in [1.807, 2.05) is 31.1 Å². The minimum Gasteiger partial charge on any atom is -0.453 e. The average molecular weight is 457 g/mol. The quantitative estimate of drug-likeness (QED) is 0.499. The van der Waals surface area contributed by atoms with Crippen LogP contribution in [0.3, 0.4) is 0 Å². The number of ether oxygens (including phenoxy) is 1. The number of carbonyl (C=O) groups excluding carboxylic acids is 2. The first-order valence-corrected chi connectivity index (χ1v) is 10.5. The molecule has 0 unspecified atom stereocenters. The van der Waals surface area contributed by atoms with Crippen LogP contribution in [0.4, 0.5) is 11.4 Å². The highest BCUT2D eigenvalue weighted by atomic mass is 16.5. The number of carbonyl (C=O) groups is 2. The van der Waals surface area contributed by atoms with Crippen LogP contribution >= 0.6 is 0 Å². The van der Waals surface area contributed by atoms with Gasteiger partial charge in [-0.25, -0.2) is 9.78 Å². The van der Waals surface area contributed by atoms with Crippen molar-refractivity contribution in [1.29, 1.82) is 0 Å². The van der Waals surface area contributed by atoms with E-state index in [2.05, 4.69) is 10.3 Å². The third kappa shape index (κ3) is 5.13. The average Bonchev–Trinajstić information content (AvgIpc) is 3.20. The van der Waals surface area contributed by atoms with Crippen molar-refractivity contribution in [2.24, 2.45) is 14.1 Å². The standard InChI is InChI=1S/C22H28N6O5/c1-14(20(30)24-15-8-10-16(11-9-15)25(2)3)33-17(29)7-6-12-28-13-23-19-18(28)21(31)27(5)22(32)26(19)4/h8-11,13-14H,6-7,12H2,1-5H3,(H,24,30)/t14-/m0/s1. The molecule has 0 saturated heterocycles. The summed E-state index contributed by atoms with van der Waals surface area (Å²) in [6.07, 6.45) is 0.938. The molecule has 1 amide bonds. The lowest BCUT2D eigenvalue weighted by atomic mass is 10.2. The van der Waals surface area contributed by atoms with Crippen LogP contribution in [-0.2, 0) is 35.0 Å². The molecule has 0 aliphatic rings. The van der Waals surface area contributed by atoms with Gasteiger partial charge in [-0.3, -0.25) is 23.5 Å². The molecule has 2 heterocycles. The smallest absolute Gasteiger partial charge is 0.332 e. The maximum absolute atomic E-state index is 12.5. The Bertz CT molecular complexity index is 1290. The Balaban J connectivity index is 1.54. The number of aryl methyl sites for hydroxylation is 2. The van der Waals surface area contributed by atoms with Gasteiger partial charge in [-0.15, -0.1) is 0 Å². The highest BCUT2D eigenvalue weighted by molar-refractivity contribution is 5.95. The number of nitrogens with zero attached hydrogens (tertiary/aromatic N) is 5. The highest BCUT2D eigenvalue weighted by Gasteiger charge is 2.19. The summed E-state index contributed by atoms with van der Waals surface area (Å²) in [6.45, 7) is 1.84. The zero-order valence-electron chi connectivity index (χ0n) is 19.4. The lowest BCUT2D eigenvalue weighted by molar-refractivity contribution is -0.153. The Labute approximate surface area is 190 Å². The molecule has 0 radical (unpaired) electrons. The topological polar surface area (TPSA) is 120 Å². The predicted octanol–water partition coefficient (Wildman–Crippen LogP) is 0.850. The zero-order valence-corrected chi connectivity index (χ0v) is 19.4. The van der Waals surface area contributed by atoms with Crippen molar-refractivity contribution in [1.82, 2.24) is 18.7 Å². The van der Waals surface area contributed by atoms with Crippen LogP contribution in [0.15, 0.2) is 40.2 Å². The number of imidazole rings is 1. The first-order valence-electron chi connectivity index (χ1n) is 10.5. The summed E-state index contributed by atoms with van der Waals surface area (Å²) in [6, 6.07) is 7.29. The minimum atomic E-state index is -0.957. The zero-order chi connectivity index (χ0) is 24.3. The number of hydrogen-bond acceptors (Lipinski definition) is 7. The molecular formula is C22H28N6O5. The maximum atomic E-state index is 12.5. The van der Waals surface area contributed by atoms with Gasteiger partial charge in [0.05, 0.1) is 6.33 Å². The predicted molar refractivity (Wildman–Crippen MR) is 124 cm³/mol. The molecule has 1 aromatic carbocycles. The fourth-order valence-electron chi connectivity index (χ4n) is 3.36. The molecule has 11 heteroatoms. The number of anilines is 2. The van der Waals surface area contributed by atoms with Gasteiger partial charge in [-0.2, -0.15) is 0 Å².